The van der Waals surface area contributed by atoms with Crippen LogP contribution < -0.4 is 4.74 Å². The van der Waals surface area contributed by atoms with E-state index in [9.17, 15) is 9.90 Å². The van der Waals surface area contributed by atoms with Gasteiger partial charge in [0.2, 0.25) is 5.91 Å². The van der Waals surface area contributed by atoms with Crippen LogP contribution in [0.5, 0.6) is 5.75 Å². The molecule has 0 aliphatic carbocycles. The van der Waals surface area contributed by atoms with E-state index in [0.29, 0.717) is 32.4 Å². The van der Waals surface area contributed by atoms with Gasteiger partial charge in [-0.15, -0.1) is 0 Å². The number of para-hydroxylation sites is 1. The van der Waals surface area contributed by atoms with Gasteiger partial charge in [0.25, 0.3) is 0 Å². The predicted octanol–water partition coefficient (Wildman–Crippen LogP) is 1.22. The number of nitrogens with zero attached hydrogens (tertiary/aromatic N) is 1. The molecule has 0 atom stereocenters. The number of methoxy groups -OCH3 is 1. The van der Waals surface area contributed by atoms with Crippen molar-refractivity contribution in [3.05, 3.63) is 29.8 Å². The van der Waals surface area contributed by atoms with E-state index < -0.39 is 0 Å². The minimum atomic E-state index is -0.250. The highest BCUT2D eigenvalue weighted by atomic mass is 16.5. The van der Waals surface area contributed by atoms with Crippen molar-refractivity contribution in [3.63, 3.8) is 0 Å². The van der Waals surface area contributed by atoms with Gasteiger partial charge in [-0.1, -0.05) is 18.2 Å². The number of hydrogen-bond donors (Lipinski definition) is 1. The third kappa shape index (κ3) is 3.01. The Morgan fingerprint density at radius 1 is 1.39 bits per heavy atom. The summed E-state index contributed by atoms with van der Waals surface area (Å²) in [5, 5.41) is 9.42. The zero-order chi connectivity index (χ0) is 13.0. The van der Waals surface area contributed by atoms with Crippen molar-refractivity contribution in [2.24, 2.45) is 0 Å². The lowest BCUT2D eigenvalue weighted by molar-refractivity contribution is -0.132. The monoisotopic (exact) mass is 249 g/mol. The fourth-order valence-electron chi connectivity index (χ4n) is 2.24. The van der Waals surface area contributed by atoms with Crippen molar-refractivity contribution < 1.29 is 14.6 Å². The Hall–Kier alpha value is -1.55. The summed E-state index contributed by atoms with van der Waals surface area (Å²) >= 11 is 0. The Morgan fingerprint density at radius 3 is 2.72 bits per heavy atom. The minimum Gasteiger partial charge on any atom is -0.496 e. The van der Waals surface area contributed by atoms with Gasteiger partial charge in [0, 0.05) is 18.7 Å². The number of amides is 1. The second kappa shape index (κ2) is 5.87. The van der Waals surface area contributed by atoms with Crippen LogP contribution in [0.4, 0.5) is 0 Å². The van der Waals surface area contributed by atoms with Crippen LogP contribution in [0, 0.1) is 0 Å². The van der Waals surface area contributed by atoms with Crippen molar-refractivity contribution >= 4 is 5.91 Å². The fraction of sp³-hybridized carbons (Fsp3) is 0.500. The van der Waals surface area contributed by atoms with Crippen LogP contribution in [0.3, 0.4) is 0 Å². The number of benzene rings is 1. The maximum absolute atomic E-state index is 12.1. The first-order valence-electron chi connectivity index (χ1n) is 6.28. The van der Waals surface area contributed by atoms with Crippen molar-refractivity contribution in [2.75, 3.05) is 20.2 Å². The van der Waals surface area contributed by atoms with Crippen molar-refractivity contribution in [2.45, 2.75) is 25.4 Å². The largest absolute Gasteiger partial charge is 0.496 e. The average Bonchev–Trinajstić information content (AvgIpc) is 2.40. The van der Waals surface area contributed by atoms with Crippen molar-refractivity contribution in [1.29, 1.82) is 0 Å². The Bertz CT molecular complexity index is 411. The van der Waals surface area contributed by atoms with Gasteiger partial charge < -0.3 is 14.7 Å². The van der Waals surface area contributed by atoms with Gasteiger partial charge in [-0.25, -0.2) is 0 Å². The maximum Gasteiger partial charge on any atom is 0.227 e. The molecule has 0 radical (unpaired) electrons. The molecule has 1 amide bonds. The number of hydrogen-bond acceptors (Lipinski definition) is 3. The van der Waals surface area contributed by atoms with E-state index in [1.807, 2.05) is 29.2 Å². The van der Waals surface area contributed by atoms with Gasteiger partial charge in [0.15, 0.2) is 0 Å². The molecule has 1 aromatic rings. The topological polar surface area (TPSA) is 49.8 Å². The average molecular weight is 249 g/mol. The van der Waals surface area contributed by atoms with Crippen LogP contribution in [-0.2, 0) is 11.2 Å². The molecule has 0 unspecified atom stereocenters. The molecule has 18 heavy (non-hydrogen) atoms. The number of aliphatic hydroxyl groups is 1. The lowest BCUT2D eigenvalue weighted by Gasteiger charge is -2.29. The summed E-state index contributed by atoms with van der Waals surface area (Å²) in [4.78, 5) is 13.9. The molecule has 4 nitrogen and oxygen atoms in total. The second-order valence-corrected chi connectivity index (χ2v) is 4.60. The summed E-state index contributed by atoms with van der Waals surface area (Å²) < 4.78 is 5.24. The molecule has 0 spiro atoms. The van der Waals surface area contributed by atoms with E-state index in [-0.39, 0.29) is 12.0 Å². The molecule has 98 valence electrons. The summed E-state index contributed by atoms with van der Waals surface area (Å²) in [5.41, 5.74) is 0.913. The van der Waals surface area contributed by atoms with Crippen molar-refractivity contribution in [3.8, 4) is 5.75 Å². The molecule has 4 heteroatoms. The van der Waals surface area contributed by atoms with Crippen LogP contribution in [0.25, 0.3) is 0 Å². The maximum atomic E-state index is 12.1. The van der Waals surface area contributed by atoms with Crippen LogP contribution >= 0.6 is 0 Å². The molecule has 1 aliphatic rings. The van der Waals surface area contributed by atoms with Crippen LogP contribution in [-0.4, -0.2) is 42.2 Å². The van der Waals surface area contributed by atoms with Gasteiger partial charge in [-0.2, -0.15) is 0 Å². The minimum absolute atomic E-state index is 0.103. The smallest absolute Gasteiger partial charge is 0.227 e. The van der Waals surface area contributed by atoms with E-state index >= 15 is 0 Å². The molecule has 0 aromatic heterocycles. The Balaban J connectivity index is 1.98. The number of carbonyl (C=O) groups excluding carboxylic acids is 1. The highest BCUT2D eigenvalue weighted by Gasteiger charge is 2.21. The third-order valence-electron chi connectivity index (χ3n) is 3.35. The number of rotatable bonds is 3. The number of likely N-dealkylation sites (tertiary alicyclic amines) is 1. The summed E-state index contributed by atoms with van der Waals surface area (Å²) in [5.74, 6) is 0.856. The molecule has 1 N–H and O–H groups in total. The first-order chi connectivity index (χ1) is 8.70. The van der Waals surface area contributed by atoms with E-state index in [1.165, 1.54) is 0 Å². The highest BCUT2D eigenvalue weighted by molar-refractivity contribution is 5.79. The summed E-state index contributed by atoms with van der Waals surface area (Å²) in [6.45, 7) is 1.30. The SMILES string of the molecule is COc1ccccc1CC(=O)N1CCC(O)CC1. The first kappa shape index (κ1) is 12.9. The Labute approximate surface area is 107 Å². The number of carbonyl (C=O) groups is 1. The second-order valence-electron chi connectivity index (χ2n) is 4.60. The van der Waals surface area contributed by atoms with E-state index in [4.69, 9.17) is 4.74 Å². The van der Waals surface area contributed by atoms with Crippen molar-refractivity contribution in [1.82, 2.24) is 4.90 Å². The zero-order valence-corrected chi connectivity index (χ0v) is 10.6. The standard InChI is InChI=1S/C14H19NO3/c1-18-13-5-3-2-4-11(13)10-14(17)15-8-6-12(16)7-9-15/h2-5,12,16H,6-10H2,1H3. The quantitative estimate of drug-likeness (QED) is 0.876. The van der Waals surface area contributed by atoms with E-state index in [1.54, 1.807) is 7.11 Å². The van der Waals surface area contributed by atoms with Crippen LogP contribution in [0.15, 0.2) is 24.3 Å². The molecule has 0 saturated carbocycles. The van der Waals surface area contributed by atoms with Gasteiger partial charge >= 0.3 is 0 Å². The number of ether oxygens (including phenoxy) is 1. The Morgan fingerprint density at radius 2 is 2.06 bits per heavy atom. The van der Waals surface area contributed by atoms with E-state index in [2.05, 4.69) is 0 Å². The summed E-state index contributed by atoms with van der Waals surface area (Å²) in [6, 6.07) is 7.58. The van der Waals surface area contributed by atoms with Gasteiger partial charge in [-0.05, 0) is 18.9 Å². The zero-order valence-electron chi connectivity index (χ0n) is 10.6. The molecule has 0 bridgehead atoms. The normalized spacial score (nSPS) is 16.7. The van der Waals surface area contributed by atoms with Gasteiger partial charge in [0.05, 0.1) is 19.6 Å². The molecule has 1 saturated heterocycles. The summed E-state index contributed by atoms with van der Waals surface area (Å²) in [6.07, 6.45) is 1.47. The number of piperidine rings is 1. The lowest BCUT2D eigenvalue weighted by atomic mass is 10.1. The predicted molar refractivity (Wildman–Crippen MR) is 68.5 cm³/mol. The Kier molecular flexibility index (Phi) is 4.20. The molecule has 1 fully saturated rings. The van der Waals surface area contributed by atoms with Gasteiger partial charge in [-0.3, -0.25) is 4.79 Å². The molecule has 1 aliphatic heterocycles. The van der Waals surface area contributed by atoms with Crippen LogP contribution in [0.1, 0.15) is 18.4 Å². The summed E-state index contributed by atoms with van der Waals surface area (Å²) in [7, 11) is 1.61. The molecular weight excluding hydrogens is 230 g/mol. The van der Waals surface area contributed by atoms with Gasteiger partial charge in [0.1, 0.15) is 5.75 Å². The lowest BCUT2D eigenvalue weighted by Crippen LogP contribution is -2.40. The molecule has 1 heterocycles. The molecule has 2 rings (SSSR count). The highest BCUT2D eigenvalue weighted by Crippen LogP contribution is 2.19. The third-order valence-corrected chi connectivity index (χ3v) is 3.35. The van der Waals surface area contributed by atoms with E-state index in [0.717, 1.165) is 11.3 Å². The van der Waals surface area contributed by atoms with Crippen LogP contribution in [0.2, 0.25) is 0 Å². The molecular formula is C14H19NO3. The number of aliphatic hydroxyl groups excluding tert-OH is 1. The fourth-order valence-corrected chi connectivity index (χ4v) is 2.24. The molecule has 1 aromatic carbocycles. The first-order valence-corrected chi connectivity index (χ1v) is 6.28.